The normalized spacial score (nSPS) is 27.7. The molecule has 0 aromatic carbocycles. The number of hydrogen-bond acceptors (Lipinski definition) is 8. The maximum atomic E-state index is 10.9. The highest BCUT2D eigenvalue weighted by molar-refractivity contribution is 6.87. The van der Waals surface area contributed by atoms with Gasteiger partial charge in [0, 0.05) is 0 Å². The number of hydrogen-bond donors (Lipinski definition) is 4. The second-order valence-corrected chi connectivity index (χ2v) is 12.0. The molecule has 0 radical (unpaired) electrons. The van der Waals surface area contributed by atoms with Crippen molar-refractivity contribution in [3.05, 3.63) is 12.7 Å². The van der Waals surface area contributed by atoms with Gasteiger partial charge < -0.3 is 25.8 Å². The molecule has 5 N–H and O–H groups in total. The summed E-state index contributed by atoms with van der Waals surface area (Å²) in [5, 5.41) is 31.0. The number of nitrogens with two attached hydrogens (primary N) is 1. The van der Waals surface area contributed by atoms with E-state index in [4.69, 9.17) is 10.5 Å². The van der Waals surface area contributed by atoms with Crippen molar-refractivity contribution >= 4 is 25.1 Å². The van der Waals surface area contributed by atoms with Gasteiger partial charge in [0.1, 0.15) is 44.6 Å². The van der Waals surface area contributed by atoms with E-state index in [1.165, 1.54) is 17.2 Å². The van der Waals surface area contributed by atoms with Gasteiger partial charge in [0.2, 0.25) is 5.72 Å². The predicted octanol–water partition coefficient (Wildman–Crippen LogP) is 0.225. The Bertz CT molecular complexity index is 898. The minimum Gasteiger partial charge on any atom is -0.394 e. The van der Waals surface area contributed by atoms with Gasteiger partial charge in [-0.1, -0.05) is 20.8 Å². The molecule has 3 heterocycles. The summed E-state index contributed by atoms with van der Waals surface area (Å²) < 4.78 is 7.45. The number of aromatic nitrogens is 4. The Hall–Kier alpha value is -2.03. The Kier molecular flexibility index (Phi) is 5.74. The van der Waals surface area contributed by atoms with Crippen LogP contribution in [0.1, 0.15) is 20.8 Å². The van der Waals surface area contributed by atoms with E-state index >= 15 is 0 Å². The van der Waals surface area contributed by atoms with Crippen molar-refractivity contribution in [1.29, 1.82) is 0 Å². The first-order valence-electron chi connectivity index (χ1n) is 9.51. The zero-order chi connectivity index (χ0) is 20.5. The van der Waals surface area contributed by atoms with Gasteiger partial charge in [0.15, 0.2) is 11.5 Å². The molecule has 2 aromatic heterocycles. The van der Waals surface area contributed by atoms with Gasteiger partial charge in [-0.25, -0.2) is 15.0 Å². The molecule has 0 spiro atoms. The summed E-state index contributed by atoms with van der Waals surface area (Å²) in [4.78, 5) is 12.4. The number of nitrogen functional groups attached to an aromatic ring is 1. The molecule has 28 heavy (non-hydrogen) atoms. The Morgan fingerprint density at radius 3 is 2.46 bits per heavy atom. The van der Waals surface area contributed by atoms with Crippen molar-refractivity contribution in [2.24, 2.45) is 0 Å². The number of fused-ring (bicyclic) bond motifs is 1. The molecule has 0 unspecified atom stereocenters. The fraction of sp³-hybridized carbons (Fsp3) is 0.611. The molecule has 10 heteroatoms. The quantitative estimate of drug-likeness (QED) is 0.409. The smallest absolute Gasteiger partial charge is 0.240 e. The van der Waals surface area contributed by atoms with Crippen molar-refractivity contribution in [1.82, 2.24) is 19.5 Å². The standard InChI is InChI=1S/C18H27N5O4Si/c1-4-28(5-2,6-3)8-7-18(15(26)14(25)12(9-24)27-18)23-11-22-13-16(19)20-10-21-17(13)23/h10-12,14-15,24-26H,4-6,9H2,1-3H3,(H2,19,20,21)/t12-,14-,15-,18-/m1/s1. The third kappa shape index (κ3) is 3.09. The van der Waals surface area contributed by atoms with Crippen molar-refractivity contribution in [3.63, 3.8) is 0 Å². The van der Waals surface area contributed by atoms with Crippen LogP contribution in [0, 0.1) is 11.5 Å². The molecular formula is C18H27N5O4Si. The maximum Gasteiger partial charge on any atom is 0.240 e. The van der Waals surface area contributed by atoms with Gasteiger partial charge in [-0.15, -0.1) is 5.54 Å². The van der Waals surface area contributed by atoms with Crippen LogP contribution in [0.5, 0.6) is 0 Å². The molecule has 0 saturated carbocycles. The second kappa shape index (κ2) is 7.77. The topological polar surface area (TPSA) is 140 Å². The van der Waals surface area contributed by atoms with E-state index in [2.05, 4.69) is 47.2 Å². The van der Waals surface area contributed by atoms with Crippen LogP contribution in [0.15, 0.2) is 12.7 Å². The average Bonchev–Trinajstić information content (AvgIpc) is 3.26. The maximum absolute atomic E-state index is 10.9. The zero-order valence-electron chi connectivity index (χ0n) is 16.3. The molecular weight excluding hydrogens is 378 g/mol. The minimum atomic E-state index is -1.89. The highest BCUT2D eigenvalue weighted by Crippen LogP contribution is 2.38. The van der Waals surface area contributed by atoms with Crippen molar-refractivity contribution in [2.45, 2.75) is 62.9 Å². The van der Waals surface area contributed by atoms with Crippen LogP contribution >= 0.6 is 0 Å². The van der Waals surface area contributed by atoms with E-state index in [0.29, 0.717) is 11.2 Å². The Labute approximate surface area is 164 Å². The fourth-order valence-corrected chi connectivity index (χ4v) is 6.12. The first-order valence-corrected chi connectivity index (χ1v) is 12.1. The van der Waals surface area contributed by atoms with Gasteiger partial charge in [0.25, 0.3) is 0 Å². The van der Waals surface area contributed by atoms with Gasteiger partial charge in [-0.3, -0.25) is 4.57 Å². The van der Waals surface area contributed by atoms with E-state index in [9.17, 15) is 15.3 Å². The van der Waals surface area contributed by atoms with E-state index in [1.54, 1.807) is 0 Å². The molecule has 9 nitrogen and oxygen atoms in total. The molecule has 3 rings (SSSR count). The molecule has 0 bridgehead atoms. The lowest BCUT2D eigenvalue weighted by Gasteiger charge is -2.29. The SMILES string of the molecule is CC[Si](C#C[C@@]1(n2cnc3c(N)ncnc32)O[C@H](CO)[C@@H](O)[C@H]1O)(CC)CC. The number of anilines is 1. The third-order valence-electron chi connectivity index (χ3n) is 5.87. The van der Waals surface area contributed by atoms with Gasteiger partial charge >= 0.3 is 0 Å². The summed E-state index contributed by atoms with van der Waals surface area (Å²) >= 11 is 0. The number of aliphatic hydroxyl groups is 3. The minimum absolute atomic E-state index is 0.193. The molecule has 4 atom stereocenters. The van der Waals surface area contributed by atoms with Crippen LogP contribution in [0.3, 0.4) is 0 Å². The number of rotatable bonds is 5. The molecule has 1 saturated heterocycles. The van der Waals surface area contributed by atoms with Crippen LogP contribution in [-0.2, 0) is 10.5 Å². The van der Waals surface area contributed by atoms with Crippen LogP contribution in [-0.4, -0.2) is 67.8 Å². The van der Waals surface area contributed by atoms with Crippen LogP contribution in [0.2, 0.25) is 18.1 Å². The van der Waals surface area contributed by atoms with Crippen LogP contribution in [0.25, 0.3) is 11.2 Å². The van der Waals surface area contributed by atoms with Crippen LogP contribution in [0.4, 0.5) is 5.82 Å². The fourth-order valence-electron chi connectivity index (χ4n) is 3.65. The summed E-state index contributed by atoms with van der Waals surface area (Å²) in [5.74, 6) is 3.33. The summed E-state index contributed by atoms with van der Waals surface area (Å²) in [6.07, 6.45) is -0.976. The van der Waals surface area contributed by atoms with E-state index in [0.717, 1.165) is 18.1 Å². The van der Waals surface area contributed by atoms with Gasteiger partial charge in [0.05, 0.1) is 6.61 Å². The number of aliphatic hydroxyl groups excluding tert-OH is 3. The van der Waals surface area contributed by atoms with Crippen molar-refractivity contribution in [3.8, 4) is 11.5 Å². The summed E-state index contributed by atoms with van der Waals surface area (Å²) in [6.45, 7) is 5.92. The first kappa shape index (κ1) is 20.7. The molecule has 152 valence electrons. The van der Waals surface area contributed by atoms with E-state index < -0.39 is 38.7 Å². The molecule has 1 aliphatic rings. The summed E-state index contributed by atoms with van der Waals surface area (Å²) in [7, 11) is -1.89. The average molecular weight is 406 g/mol. The lowest BCUT2D eigenvalue weighted by Crippen LogP contribution is -2.45. The molecule has 1 aliphatic heterocycles. The Morgan fingerprint density at radius 1 is 1.21 bits per heavy atom. The van der Waals surface area contributed by atoms with Gasteiger partial charge in [-0.05, 0) is 24.1 Å². The molecule has 2 aromatic rings. The van der Waals surface area contributed by atoms with Crippen molar-refractivity contribution < 1.29 is 20.1 Å². The lowest BCUT2D eigenvalue weighted by atomic mass is 10.0. The van der Waals surface area contributed by atoms with Gasteiger partial charge in [-0.2, -0.15) is 0 Å². The van der Waals surface area contributed by atoms with E-state index in [1.807, 2.05) is 0 Å². The largest absolute Gasteiger partial charge is 0.394 e. The first-order chi connectivity index (χ1) is 13.4. The second-order valence-electron chi connectivity index (χ2n) is 7.11. The summed E-state index contributed by atoms with van der Waals surface area (Å²) in [5.41, 5.74) is 8.37. The summed E-state index contributed by atoms with van der Waals surface area (Å²) in [6, 6.07) is 2.89. The van der Waals surface area contributed by atoms with E-state index in [-0.39, 0.29) is 5.82 Å². The number of imidazole rings is 1. The molecule has 0 aliphatic carbocycles. The lowest BCUT2D eigenvalue weighted by molar-refractivity contribution is -0.103. The number of ether oxygens (including phenoxy) is 1. The molecule has 1 fully saturated rings. The Balaban J connectivity index is 2.24. The highest BCUT2D eigenvalue weighted by Gasteiger charge is 2.55. The van der Waals surface area contributed by atoms with Crippen molar-refractivity contribution in [2.75, 3.05) is 12.3 Å². The molecule has 0 amide bonds. The highest BCUT2D eigenvalue weighted by atomic mass is 28.3. The monoisotopic (exact) mass is 405 g/mol. The Morgan fingerprint density at radius 2 is 1.89 bits per heavy atom. The van der Waals surface area contributed by atoms with Crippen LogP contribution < -0.4 is 5.73 Å². The third-order valence-corrected chi connectivity index (χ3v) is 10.6. The zero-order valence-corrected chi connectivity index (χ0v) is 17.3. The predicted molar refractivity (Wildman–Crippen MR) is 107 cm³/mol. The number of nitrogens with zero attached hydrogens (tertiary/aromatic N) is 4.